The lowest BCUT2D eigenvalue weighted by atomic mass is 10.1. The number of amides is 2. The van der Waals surface area contributed by atoms with Gasteiger partial charge in [0.05, 0.1) is 6.04 Å². The summed E-state index contributed by atoms with van der Waals surface area (Å²) in [5, 5.41) is 5.35. The molecule has 2 heterocycles. The van der Waals surface area contributed by atoms with Crippen LogP contribution in [-0.2, 0) is 23.2 Å². The summed E-state index contributed by atoms with van der Waals surface area (Å²) in [5.41, 5.74) is 1.83. The molecule has 8 heteroatoms. The van der Waals surface area contributed by atoms with Crippen molar-refractivity contribution in [3.8, 4) is 0 Å². The number of nitrogens with one attached hydrogen (secondary N) is 2. The Hall–Kier alpha value is -2.71. The van der Waals surface area contributed by atoms with E-state index >= 15 is 0 Å². The molecule has 7 nitrogen and oxygen atoms in total. The van der Waals surface area contributed by atoms with E-state index < -0.39 is 11.8 Å². The fraction of sp³-hybridized carbons (Fsp3) is 0.429. The second kappa shape index (κ2) is 9.67. The lowest BCUT2D eigenvalue weighted by molar-refractivity contribution is -0.139. The van der Waals surface area contributed by atoms with E-state index in [2.05, 4.69) is 27.5 Å². The van der Waals surface area contributed by atoms with E-state index in [0.29, 0.717) is 6.54 Å². The maximum atomic E-state index is 12.9. The fourth-order valence-corrected chi connectivity index (χ4v) is 3.51. The summed E-state index contributed by atoms with van der Waals surface area (Å²) < 4.78 is 15.0. The van der Waals surface area contributed by atoms with Crippen LogP contribution in [0, 0.1) is 5.82 Å². The van der Waals surface area contributed by atoms with Crippen molar-refractivity contribution in [1.29, 1.82) is 0 Å². The standard InChI is InChI=1S/C21H28FN5O2/c1-25-10-12-27(13-11-25)19(18-4-3-9-26(18)2)15-24-21(29)20(28)23-14-16-5-7-17(22)8-6-16/h3-9,19H,10-15H2,1-2H3,(H,23,28)(H,24,29)/t19-/m1/s1. The van der Waals surface area contributed by atoms with Crippen LogP contribution < -0.4 is 10.6 Å². The third kappa shape index (κ3) is 5.65. The number of aryl methyl sites for hydroxylation is 1. The van der Waals surface area contributed by atoms with Crippen LogP contribution in [-0.4, -0.2) is 66.0 Å². The second-order valence-corrected chi connectivity index (χ2v) is 7.42. The summed E-state index contributed by atoms with van der Waals surface area (Å²) in [5.74, 6) is -1.70. The van der Waals surface area contributed by atoms with E-state index in [1.165, 1.54) is 12.1 Å². The number of aromatic nitrogens is 1. The molecule has 1 aliphatic heterocycles. The van der Waals surface area contributed by atoms with E-state index in [9.17, 15) is 14.0 Å². The van der Waals surface area contributed by atoms with E-state index in [-0.39, 0.29) is 18.4 Å². The molecule has 2 N–H and O–H groups in total. The number of hydrogen-bond acceptors (Lipinski definition) is 4. The van der Waals surface area contributed by atoms with Gasteiger partial charge in [-0.15, -0.1) is 0 Å². The highest BCUT2D eigenvalue weighted by molar-refractivity contribution is 6.35. The van der Waals surface area contributed by atoms with E-state index in [1.807, 2.05) is 29.9 Å². The predicted molar refractivity (Wildman–Crippen MR) is 108 cm³/mol. The van der Waals surface area contributed by atoms with Gasteiger partial charge in [-0.25, -0.2) is 4.39 Å². The Bertz CT molecular complexity index is 828. The lowest BCUT2D eigenvalue weighted by Crippen LogP contribution is -2.50. The van der Waals surface area contributed by atoms with Gasteiger partial charge in [-0.3, -0.25) is 14.5 Å². The van der Waals surface area contributed by atoms with Crippen molar-refractivity contribution in [1.82, 2.24) is 25.0 Å². The largest absolute Gasteiger partial charge is 0.353 e. The first-order chi connectivity index (χ1) is 13.9. The van der Waals surface area contributed by atoms with Gasteiger partial charge in [-0.1, -0.05) is 12.1 Å². The van der Waals surface area contributed by atoms with Crippen LogP contribution in [0.5, 0.6) is 0 Å². The molecule has 1 aliphatic rings. The maximum Gasteiger partial charge on any atom is 0.309 e. The van der Waals surface area contributed by atoms with Crippen LogP contribution in [0.2, 0.25) is 0 Å². The van der Waals surface area contributed by atoms with Crippen molar-refractivity contribution in [2.45, 2.75) is 12.6 Å². The highest BCUT2D eigenvalue weighted by atomic mass is 19.1. The zero-order chi connectivity index (χ0) is 20.8. The Balaban J connectivity index is 1.56. The van der Waals surface area contributed by atoms with Crippen molar-refractivity contribution in [3.05, 3.63) is 59.7 Å². The number of likely N-dealkylation sites (N-methyl/N-ethyl adjacent to an activating group) is 1. The number of benzene rings is 1. The molecular formula is C21H28FN5O2. The molecule has 2 amide bonds. The zero-order valence-corrected chi connectivity index (χ0v) is 16.9. The molecule has 1 saturated heterocycles. The van der Waals surface area contributed by atoms with Crippen molar-refractivity contribution >= 4 is 11.8 Å². The van der Waals surface area contributed by atoms with Gasteiger partial charge in [0.25, 0.3) is 0 Å². The molecule has 0 bridgehead atoms. The van der Waals surface area contributed by atoms with Gasteiger partial charge in [0.2, 0.25) is 0 Å². The van der Waals surface area contributed by atoms with E-state index in [1.54, 1.807) is 12.1 Å². The Morgan fingerprint density at radius 1 is 1.00 bits per heavy atom. The molecule has 1 atom stereocenters. The highest BCUT2D eigenvalue weighted by Gasteiger charge is 2.26. The van der Waals surface area contributed by atoms with Crippen LogP contribution in [0.1, 0.15) is 17.3 Å². The molecule has 3 rings (SSSR count). The fourth-order valence-electron chi connectivity index (χ4n) is 3.51. The van der Waals surface area contributed by atoms with Crippen molar-refractivity contribution in [2.75, 3.05) is 39.8 Å². The van der Waals surface area contributed by atoms with Crippen LogP contribution in [0.25, 0.3) is 0 Å². The first kappa shape index (κ1) is 21.0. The Morgan fingerprint density at radius 2 is 1.66 bits per heavy atom. The van der Waals surface area contributed by atoms with Crippen molar-refractivity contribution in [2.24, 2.45) is 7.05 Å². The van der Waals surface area contributed by atoms with Gasteiger partial charge >= 0.3 is 11.8 Å². The summed E-state index contributed by atoms with van der Waals surface area (Å²) >= 11 is 0. The smallest absolute Gasteiger partial charge is 0.309 e. The van der Waals surface area contributed by atoms with Gasteiger partial charge in [0.15, 0.2) is 0 Å². The predicted octanol–water partition coefficient (Wildman–Crippen LogP) is 0.885. The molecular weight excluding hydrogens is 373 g/mol. The first-order valence-electron chi connectivity index (χ1n) is 9.78. The first-order valence-corrected chi connectivity index (χ1v) is 9.78. The number of hydrogen-bond donors (Lipinski definition) is 2. The van der Waals surface area contributed by atoms with Gasteiger partial charge in [0.1, 0.15) is 5.82 Å². The van der Waals surface area contributed by atoms with Crippen LogP contribution in [0.15, 0.2) is 42.6 Å². The molecule has 0 spiro atoms. The van der Waals surface area contributed by atoms with Crippen molar-refractivity contribution < 1.29 is 14.0 Å². The summed E-state index contributed by atoms with van der Waals surface area (Å²) in [4.78, 5) is 29.1. The third-order valence-corrected chi connectivity index (χ3v) is 5.33. The molecule has 1 aromatic carbocycles. The summed E-state index contributed by atoms with van der Waals surface area (Å²) in [6.07, 6.45) is 1.98. The maximum absolute atomic E-state index is 12.9. The molecule has 0 unspecified atom stereocenters. The third-order valence-electron chi connectivity index (χ3n) is 5.33. The molecule has 0 radical (unpaired) electrons. The normalized spacial score (nSPS) is 16.4. The summed E-state index contributed by atoms with van der Waals surface area (Å²) in [6, 6.07) is 9.82. The number of rotatable bonds is 6. The van der Waals surface area contributed by atoms with Crippen molar-refractivity contribution in [3.63, 3.8) is 0 Å². The van der Waals surface area contributed by atoms with Crippen LogP contribution >= 0.6 is 0 Å². The Morgan fingerprint density at radius 3 is 2.28 bits per heavy atom. The van der Waals surface area contributed by atoms with E-state index in [4.69, 9.17) is 0 Å². The monoisotopic (exact) mass is 401 g/mol. The Kier molecular flexibility index (Phi) is 7.00. The molecule has 2 aromatic rings. The minimum Gasteiger partial charge on any atom is -0.353 e. The highest BCUT2D eigenvalue weighted by Crippen LogP contribution is 2.21. The molecule has 156 valence electrons. The average molecular weight is 401 g/mol. The number of nitrogens with zero attached hydrogens (tertiary/aromatic N) is 3. The van der Waals surface area contributed by atoms with Gasteiger partial charge in [-0.05, 0) is 36.9 Å². The quantitative estimate of drug-likeness (QED) is 0.706. The van der Waals surface area contributed by atoms with Gasteiger partial charge in [-0.2, -0.15) is 0 Å². The molecule has 0 aliphatic carbocycles. The number of carbonyl (C=O) groups excluding carboxylic acids is 2. The minimum absolute atomic E-state index is 0.00227. The number of carbonyl (C=O) groups is 2. The number of piperazine rings is 1. The van der Waals surface area contributed by atoms with Gasteiger partial charge < -0.3 is 20.1 Å². The lowest BCUT2D eigenvalue weighted by Gasteiger charge is -2.38. The van der Waals surface area contributed by atoms with Crippen LogP contribution in [0.4, 0.5) is 4.39 Å². The second-order valence-electron chi connectivity index (χ2n) is 7.42. The molecule has 0 saturated carbocycles. The topological polar surface area (TPSA) is 69.6 Å². The summed E-state index contributed by atoms with van der Waals surface area (Å²) in [7, 11) is 4.08. The van der Waals surface area contributed by atoms with Crippen LogP contribution in [0.3, 0.4) is 0 Å². The summed E-state index contributed by atoms with van der Waals surface area (Å²) in [6.45, 7) is 4.26. The Labute approximate surface area is 170 Å². The van der Waals surface area contributed by atoms with E-state index in [0.717, 1.165) is 37.4 Å². The number of halogens is 1. The zero-order valence-electron chi connectivity index (χ0n) is 16.9. The molecule has 29 heavy (non-hydrogen) atoms. The minimum atomic E-state index is -0.696. The average Bonchev–Trinajstić information content (AvgIpc) is 3.14. The SMILES string of the molecule is CN1CCN([C@H](CNC(=O)C(=O)NCc2ccc(F)cc2)c2cccn2C)CC1. The molecule has 1 aromatic heterocycles. The molecule has 1 fully saturated rings. The van der Waals surface area contributed by atoms with Gasteiger partial charge in [0, 0.05) is 58.2 Å².